The molecule has 0 fully saturated rings. The summed E-state index contributed by atoms with van der Waals surface area (Å²) in [6, 6.07) is 17.4. The fourth-order valence-corrected chi connectivity index (χ4v) is 2.68. The minimum Gasteiger partial charge on any atom is -0.406 e. The molecular formula is C19H13F3N3O+. The summed E-state index contributed by atoms with van der Waals surface area (Å²) in [4.78, 5) is 4.59. The Bertz CT molecular complexity index is 1070. The van der Waals surface area contributed by atoms with Crippen molar-refractivity contribution in [3.8, 4) is 17.3 Å². The van der Waals surface area contributed by atoms with Gasteiger partial charge in [-0.3, -0.25) is 0 Å². The Morgan fingerprint density at radius 3 is 2.65 bits per heavy atom. The molecule has 0 unspecified atom stereocenters. The Balaban J connectivity index is 1.66. The maximum absolute atomic E-state index is 12.4. The van der Waals surface area contributed by atoms with Crippen molar-refractivity contribution >= 4 is 10.9 Å². The number of rotatable bonds is 3. The van der Waals surface area contributed by atoms with E-state index < -0.39 is 6.36 Å². The van der Waals surface area contributed by atoms with Crippen molar-refractivity contribution in [3.63, 3.8) is 0 Å². The molecule has 2 aromatic heterocycles. The fourth-order valence-electron chi connectivity index (χ4n) is 2.68. The van der Waals surface area contributed by atoms with E-state index in [0.29, 0.717) is 11.5 Å². The minimum absolute atomic E-state index is 0.265. The van der Waals surface area contributed by atoms with E-state index in [0.717, 1.165) is 10.9 Å². The van der Waals surface area contributed by atoms with E-state index in [1.54, 1.807) is 33.9 Å². The Morgan fingerprint density at radius 1 is 0.962 bits per heavy atom. The van der Waals surface area contributed by atoms with Gasteiger partial charge in [-0.1, -0.05) is 24.3 Å². The Morgan fingerprint density at radius 2 is 1.81 bits per heavy atom. The normalized spacial score (nSPS) is 11.7. The third-order valence-corrected chi connectivity index (χ3v) is 3.83. The van der Waals surface area contributed by atoms with E-state index in [4.69, 9.17) is 0 Å². The van der Waals surface area contributed by atoms with Crippen molar-refractivity contribution in [2.45, 2.75) is 6.36 Å². The molecule has 4 rings (SSSR count). The van der Waals surface area contributed by atoms with Gasteiger partial charge < -0.3 is 4.74 Å². The van der Waals surface area contributed by atoms with Crippen molar-refractivity contribution in [3.05, 3.63) is 79.4 Å². The third kappa shape index (κ3) is 3.37. The molecule has 130 valence electrons. The predicted molar refractivity (Wildman–Crippen MR) is 89.3 cm³/mol. The van der Waals surface area contributed by atoms with E-state index in [9.17, 15) is 13.2 Å². The highest BCUT2D eigenvalue weighted by atomic mass is 19.4. The molecule has 26 heavy (non-hydrogen) atoms. The topological polar surface area (TPSA) is 30.9 Å². The van der Waals surface area contributed by atoms with Crippen LogP contribution in [0.25, 0.3) is 22.4 Å². The molecule has 0 bridgehead atoms. The summed E-state index contributed by atoms with van der Waals surface area (Å²) in [6.07, 6.45) is 0.548. The molecule has 0 saturated carbocycles. The van der Waals surface area contributed by atoms with Crippen LogP contribution in [0.3, 0.4) is 0 Å². The van der Waals surface area contributed by atoms with Gasteiger partial charge in [-0.05, 0) is 24.3 Å². The number of imidazole rings is 1. The van der Waals surface area contributed by atoms with Crippen LogP contribution >= 0.6 is 0 Å². The van der Waals surface area contributed by atoms with Crippen LogP contribution < -0.4 is 9.30 Å². The number of nitrogens with zero attached hydrogens (tertiary/aromatic N) is 3. The van der Waals surface area contributed by atoms with Gasteiger partial charge in [0.1, 0.15) is 23.2 Å². The lowest BCUT2D eigenvalue weighted by Gasteiger charge is -2.09. The highest BCUT2D eigenvalue weighted by Gasteiger charge is 2.31. The van der Waals surface area contributed by atoms with E-state index in [1.807, 2.05) is 36.4 Å². The summed E-state index contributed by atoms with van der Waals surface area (Å²) in [5, 5.41) is 1.04. The number of benzene rings is 2. The average Bonchev–Trinajstić information content (AvgIpc) is 3.10. The summed E-state index contributed by atoms with van der Waals surface area (Å²) >= 11 is 0. The molecule has 4 aromatic rings. The number of halogens is 3. The Kier molecular flexibility index (Phi) is 3.84. The van der Waals surface area contributed by atoms with Gasteiger partial charge in [0.2, 0.25) is 0 Å². The quantitative estimate of drug-likeness (QED) is 0.515. The summed E-state index contributed by atoms with van der Waals surface area (Å²) in [5.74, 6) is 0.448. The van der Waals surface area contributed by atoms with Crippen molar-refractivity contribution < 1.29 is 22.5 Å². The van der Waals surface area contributed by atoms with E-state index in [-0.39, 0.29) is 5.75 Å². The van der Waals surface area contributed by atoms with Crippen LogP contribution in [0, 0.1) is 0 Å². The molecule has 0 aliphatic carbocycles. The van der Waals surface area contributed by atoms with Crippen LogP contribution in [-0.2, 0) is 0 Å². The van der Waals surface area contributed by atoms with Crippen LogP contribution in [0.4, 0.5) is 13.2 Å². The van der Waals surface area contributed by atoms with E-state index in [2.05, 4.69) is 9.72 Å². The SMILES string of the molecule is FC(F)(F)Oc1cccc(-n2cc[n+](-c3ccc4ccccc4n3)c2)c1. The molecule has 2 aromatic carbocycles. The first-order valence-electron chi connectivity index (χ1n) is 7.80. The van der Waals surface area contributed by atoms with Crippen LogP contribution in [0.5, 0.6) is 5.75 Å². The first-order valence-corrected chi connectivity index (χ1v) is 7.80. The molecule has 0 amide bonds. The summed E-state index contributed by atoms with van der Waals surface area (Å²) in [5.41, 5.74) is 1.41. The maximum atomic E-state index is 12.4. The standard InChI is InChI=1S/C19H13F3N3O/c20-19(21,22)26-16-6-3-5-15(12-16)24-10-11-25(13-24)18-9-8-14-4-1-2-7-17(14)23-18/h1-13H/q+1. The zero-order valence-electron chi connectivity index (χ0n) is 13.4. The molecule has 0 N–H and O–H groups in total. The predicted octanol–water partition coefficient (Wildman–Crippen LogP) is 4.20. The highest BCUT2D eigenvalue weighted by molar-refractivity contribution is 5.78. The number of aromatic nitrogens is 3. The number of para-hydroxylation sites is 1. The number of alkyl halides is 3. The fraction of sp³-hybridized carbons (Fsp3) is 0.0526. The lowest BCUT2D eigenvalue weighted by Crippen LogP contribution is -2.28. The molecule has 0 spiro atoms. The summed E-state index contributed by atoms with van der Waals surface area (Å²) in [6.45, 7) is 0. The van der Waals surface area contributed by atoms with Gasteiger partial charge in [-0.15, -0.1) is 18.2 Å². The lowest BCUT2D eigenvalue weighted by molar-refractivity contribution is -0.598. The molecule has 4 nitrogen and oxygen atoms in total. The second kappa shape index (κ2) is 6.18. The molecule has 2 heterocycles. The Labute approximate surface area is 146 Å². The monoisotopic (exact) mass is 356 g/mol. The van der Waals surface area contributed by atoms with Gasteiger partial charge >= 0.3 is 6.36 Å². The number of fused-ring (bicyclic) bond motifs is 1. The van der Waals surface area contributed by atoms with E-state index in [1.165, 1.54) is 18.2 Å². The van der Waals surface area contributed by atoms with Gasteiger partial charge in [0.25, 0.3) is 5.82 Å². The van der Waals surface area contributed by atoms with Gasteiger partial charge in [0.05, 0.1) is 6.20 Å². The van der Waals surface area contributed by atoms with Crippen LogP contribution in [0.2, 0.25) is 0 Å². The molecule has 0 radical (unpaired) electrons. The smallest absolute Gasteiger partial charge is 0.406 e. The van der Waals surface area contributed by atoms with E-state index >= 15 is 0 Å². The number of hydrogen-bond donors (Lipinski definition) is 0. The summed E-state index contributed by atoms with van der Waals surface area (Å²) < 4.78 is 44.6. The Hall–Kier alpha value is -3.35. The zero-order chi connectivity index (χ0) is 18.1. The van der Waals surface area contributed by atoms with Crippen LogP contribution in [-0.4, -0.2) is 15.9 Å². The van der Waals surface area contributed by atoms with Gasteiger partial charge in [-0.25, -0.2) is 9.13 Å². The minimum atomic E-state index is -4.72. The lowest BCUT2D eigenvalue weighted by atomic mass is 10.2. The molecule has 0 aliphatic heterocycles. The number of pyridine rings is 1. The molecular weight excluding hydrogens is 343 g/mol. The van der Waals surface area contributed by atoms with Crippen LogP contribution in [0.15, 0.2) is 79.4 Å². The first-order chi connectivity index (χ1) is 12.5. The maximum Gasteiger partial charge on any atom is 0.573 e. The number of hydrogen-bond acceptors (Lipinski definition) is 2. The van der Waals surface area contributed by atoms with Gasteiger partial charge in [0, 0.05) is 17.5 Å². The molecule has 0 saturated heterocycles. The van der Waals surface area contributed by atoms with Crippen molar-refractivity contribution in [1.29, 1.82) is 0 Å². The third-order valence-electron chi connectivity index (χ3n) is 3.83. The largest absolute Gasteiger partial charge is 0.573 e. The van der Waals surface area contributed by atoms with Gasteiger partial charge in [-0.2, -0.15) is 0 Å². The second-order valence-corrected chi connectivity index (χ2v) is 5.64. The van der Waals surface area contributed by atoms with Crippen molar-refractivity contribution in [2.24, 2.45) is 0 Å². The van der Waals surface area contributed by atoms with Crippen LogP contribution in [0.1, 0.15) is 0 Å². The van der Waals surface area contributed by atoms with Crippen molar-refractivity contribution in [2.75, 3.05) is 0 Å². The summed E-state index contributed by atoms with van der Waals surface area (Å²) in [7, 11) is 0. The average molecular weight is 356 g/mol. The zero-order valence-corrected chi connectivity index (χ0v) is 13.4. The molecule has 7 heteroatoms. The molecule has 0 atom stereocenters. The first kappa shape index (κ1) is 16.1. The number of ether oxygens (including phenoxy) is 1. The van der Waals surface area contributed by atoms with Gasteiger partial charge in [0.15, 0.2) is 6.33 Å². The molecule has 0 aliphatic rings. The van der Waals surface area contributed by atoms with Crippen molar-refractivity contribution in [1.82, 2.24) is 9.55 Å². The highest BCUT2D eigenvalue weighted by Crippen LogP contribution is 2.24. The second-order valence-electron chi connectivity index (χ2n) is 5.64.